The number of amides is 1. The molecule has 1 aromatic carbocycles. The van der Waals surface area contributed by atoms with Gasteiger partial charge in [-0.1, -0.05) is 13.8 Å². The fourth-order valence-corrected chi connectivity index (χ4v) is 2.92. The van der Waals surface area contributed by atoms with Crippen LogP contribution in [0.3, 0.4) is 0 Å². The van der Waals surface area contributed by atoms with E-state index in [1.54, 1.807) is 0 Å². The van der Waals surface area contributed by atoms with Crippen molar-refractivity contribution in [2.45, 2.75) is 33.1 Å². The lowest BCUT2D eigenvalue weighted by atomic mass is 9.92. The third kappa shape index (κ3) is 2.34. The van der Waals surface area contributed by atoms with E-state index in [1.165, 1.54) is 24.1 Å². The summed E-state index contributed by atoms with van der Waals surface area (Å²) in [4.78, 5) is 12.2. The third-order valence-electron chi connectivity index (χ3n) is 4.80. The molecule has 1 aliphatic carbocycles. The van der Waals surface area contributed by atoms with Gasteiger partial charge >= 0.3 is 0 Å². The molecule has 1 amide bonds. The van der Waals surface area contributed by atoms with Gasteiger partial charge in [0.25, 0.3) is 5.91 Å². The van der Waals surface area contributed by atoms with Crippen LogP contribution in [-0.4, -0.2) is 19.0 Å². The summed E-state index contributed by atoms with van der Waals surface area (Å²) in [7, 11) is 0. The molecule has 0 bridgehead atoms. The summed E-state index contributed by atoms with van der Waals surface area (Å²) in [6.45, 7) is 6.30. The number of hydrogen-bond acceptors (Lipinski definition) is 2. The lowest BCUT2D eigenvalue weighted by Crippen LogP contribution is -2.32. The molecule has 1 aliphatic heterocycles. The molecule has 102 valence electrons. The van der Waals surface area contributed by atoms with Gasteiger partial charge in [-0.2, -0.15) is 0 Å². The lowest BCUT2D eigenvalue weighted by Gasteiger charge is -2.20. The second-order valence-corrected chi connectivity index (χ2v) is 6.25. The molecule has 19 heavy (non-hydrogen) atoms. The van der Waals surface area contributed by atoms with Crippen LogP contribution >= 0.6 is 0 Å². The minimum atomic E-state index is 0.0709. The highest BCUT2D eigenvalue weighted by Crippen LogP contribution is 2.51. The lowest BCUT2D eigenvalue weighted by molar-refractivity contribution is 0.0939. The van der Waals surface area contributed by atoms with Crippen molar-refractivity contribution < 1.29 is 4.79 Å². The summed E-state index contributed by atoms with van der Waals surface area (Å²) in [5.74, 6) is 0.721. The zero-order valence-electron chi connectivity index (χ0n) is 11.8. The second-order valence-electron chi connectivity index (χ2n) is 6.25. The Labute approximate surface area is 114 Å². The van der Waals surface area contributed by atoms with E-state index in [0.717, 1.165) is 25.1 Å². The van der Waals surface area contributed by atoms with Crippen molar-refractivity contribution in [1.82, 2.24) is 5.32 Å². The number of fused-ring (bicyclic) bond motifs is 1. The second kappa shape index (κ2) is 4.55. The highest BCUT2D eigenvalue weighted by atomic mass is 16.1. The first-order chi connectivity index (χ1) is 9.11. The van der Waals surface area contributed by atoms with Gasteiger partial charge < -0.3 is 10.6 Å². The molecule has 1 saturated carbocycles. The quantitative estimate of drug-likeness (QED) is 0.872. The van der Waals surface area contributed by atoms with Crippen molar-refractivity contribution in [2.24, 2.45) is 11.3 Å². The summed E-state index contributed by atoms with van der Waals surface area (Å²) in [6.07, 6.45) is 3.52. The van der Waals surface area contributed by atoms with Crippen LogP contribution in [0.5, 0.6) is 0 Å². The van der Waals surface area contributed by atoms with Gasteiger partial charge in [0.1, 0.15) is 0 Å². The number of hydrogen-bond donors (Lipinski definition) is 2. The van der Waals surface area contributed by atoms with Gasteiger partial charge in [0.2, 0.25) is 0 Å². The fourth-order valence-electron chi connectivity index (χ4n) is 2.92. The molecule has 3 nitrogen and oxygen atoms in total. The van der Waals surface area contributed by atoms with Crippen molar-refractivity contribution in [3.8, 4) is 0 Å². The van der Waals surface area contributed by atoms with Crippen LogP contribution in [0.25, 0.3) is 0 Å². The average molecular weight is 258 g/mol. The number of rotatable bonds is 4. The molecule has 2 aliphatic rings. The van der Waals surface area contributed by atoms with Crippen LogP contribution in [0.1, 0.15) is 42.6 Å². The Balaban J connectivity index is 1.65. The smallest absolute Gasteiger partial charge is 0.251 e. The topological polar surface area (TPSA) is 41.1 Å². The number of benzene rings is 1. The summed E-state index contributed by atoms with van der Waals surface area (Å²) in [5, 5.41) is 6.43. The highest BCUT2D eigenvalue weighted by Gasteiger charge is 2.45. The van der Waals surface area contributed by atoms with E-state index >= 15 is 0 Å². The molecular weight excluding hydrogens is 236 g/mol. The normalized spacial score (nSPS) is 18.9. The van der Waals surface area contributed by atoms with E-state index in [2.05, 4.69) is 24.5 Å². The molecule has 3 heteroatoms. The SMILES string of the molecule is CC(C)C1(CNC(=O)c2ccc3c(c2)CCN3)CC1. The van der Waals surface area contributed by atoms with Crippen LogP contribution in [-0.2, 0) is 6.42 Å². The molecule has 0 atom stereocenters. The van der Waals surface area contributed by atoms with Crippen LogP contribution in [0.4, 0.5) is 5.69 Å². The predicted molar refractivity (Wildman–Crippen MR) is 77.5 cm³/mol. The Morgan fingerprint density at radius 3 is 2.89 bits per heavy atom. The first-order valence-electron chi connectivity index (χ1n) is 7.26. The molecule has 0 radical (unpaired) electrons. The fraction of sp³-hybridized carbons (Fsp3) is 0.562. The maximum absolute atomic E-state index is 12.2. The Morgan fingerprint density at radius 2 is 2.21 bits per heavy atom. The van der Waals surface area contributed by atoms with Gasteiger partial charge in [0.15, 0.2) is 0 Å². The first-order valence-corrected chi connectivity index (χ1v) is 7.26. The van der Waals surface area contributed by atoms with Gasteiger partial charge in [-0.05, 0) is 54.4 Å². The minimum absolute atomic E-state index is 0.0709. The molecule has 1 heterocycles. The largest absolute Gasteiger partial charge is 0.384 e. The highest BCUT2D eigenvalue weighted by molar-refractivity contribution is 5.95. The molecule has 2 N–H and O–H groups in total. The maximum Gasteiger partial charge on any atom is 0.251 e. The first kappa shape index (κ1) is 12.5. The monoisotopic (exact) mass is 258 g/mol. The Hall–Kier alpha value is -1.51. The van der Waals surface area contributed by atoms with Gasteiger partial charge in [0, 0.05) is 24.3 Å². The molecular formula is C16H22N2O. The molecule has 1 aromatic rings. The van der Waals surface area contributed by atoms with E-state index in [4.69, 9.17) is 0 Å². The molecule has 0 unspecified atom stereocenters. The van der Waals surface area contributed by atoms with Crippen LogP contribution in [0, 0.1) is 11.3 Å². The zero-order valence-corrected chi connectivity index (χ0v) is 11.8. The Bertz CT molecular complexity index is 503. The summed E-state index contributed by atoms with van der Waals surface area (Å²) in [6, 6.07) is 5.97. The van der Waals surface area contributed by atoms with Crippen molar-refractivity contribution in [1.29, 1.82) is 0 Å². The Kier molecular flexibility index (Phi) is 3.00. The number of anilines is 1. The van der Waals surface area contributed by atoms with Crippen LogP contribution < -0.4 is 10.6 Å². The van der Waals surface area contributed by atoms with E-state index in [9.17, 15) is 4.79 Å². The standard InChI is InChI=1S/C16H22N2O/c1-11(2)16(6-7-16)10-18-15(19)13-3-4-14-12(9-13)5-8-17-14/h3-4,9,11,17H,5-8,10H2,1-2H3,(H,18,19). The molecule has 0 aromatic heterocycles. The summed E-state index contributed by atoms with van der Waals surface area (Å²) < 4.78 is 0. The van der Waals surface area contributed by atoms with E-state index < -0.39 is 0 Å². The minimum Gasteiger partial charge on any atom is -0.384 e. The third-order valence-corrected chi connectivity index (χ3v) is 4.80. The average Bonchev–Trinajstić information content (AvgIpc) is 3.06. The van der Waals surface area contributed by atoms with Crippen molar-refractivity contribution in [3.63, 3.8) is 0 Å². The molecule has 3 rings (SSSR count). The number of nitrogens with one attached hydrogen (secondary N) is 2. The Morgan fingerprint density at radius 1 is 1.42 bits per heavy atom. The maximum atomic E-state index is 12.2. The van der Waals surface area contributed by atoms with Gasteiger partial charge in [-0.15, -0.1) is 0 Å². The van der Waals surface area contributed by atoms with Crippen molar-refractivity contribution >= 4 is 11.6 Å². The summed E-state index contributed by atoms with van der Waals surface area (Å²) >= 11 is 0. The van der Waals surface area contributed by atoms with Crippen molar-refractivity contribution in [2.75, 3.05) is 18.4 Å². The molecule has 0 spiro atoms. The zero-order chi connectivity index (χ0) is 13.5. The molecule has 0 saturated heterocycles. The predicted octanol–water partition coefficient (Wildman–Crippen LogP) is 2.82. The van der Waals surface area contributed by atoms with E-state index in [0.29, 0.717) is 11.3 Å². The van der Waals surface area contributed by atoms with Gasteiger partial charge in [-0.25, -0.2) is 0 Å². The molecule has 1 fully saturated rings. The van der Waals surface area contributed by atoms with Gasteiger partial charge in [-0.3, -0.25) is 4.79 Å². The number of carbonyl (C=O) groups excluding carboxylic acids is 1. The van der Waals surface area contributed by atoms with E-state index in [-0.39, 0.29) is 5.91 Å². The number of carbonyl (C=O) groups is 1. The van der Waals surface area contributed by atoms with Crippen LogP contribution in [0.15, 0.2) is 18.2 Å². The van der Waals surface area contributed by atoms with Crippen LogP contribution in [0.2, 0.25) is 0 Å². The van der Waals surface area contributed by atoms with E-state index in [1.807, 2.05) is 18.2 Å². The van der Waals surface area contributed by atoms with Gasteiger partial charge in [0.05, 0.1) is 0 Å². The van der Waals surface area contributed by atoms with Crippen molar-refractivity contribution in [3.05, 3.63) is 29.3 Å². The summed E-state index contributed by atoms with van der Waals surface area (Å²) in [5.41, 5.74) is 3.60.